The van der Waals surface area contributed by atoms with E-state index in [0.717, 1.165) is 16.7 Å². The van der Waals surface area contributed by atoms with E-state index in [9.17, 15) is 19.8 Å². The number of carbonyl (C=O) groups is 2. The molecule has 2 heterocycles. The van der Waals surface area contributed by atoms with E-state index < -0.39 is 42.1 Å². The van der Waals surface area contributed by atoms with Gasteiger partial charge in [-0.15, -0.1) is 0 Å². The summed E-state index contributed by atoms with van der Waals surface area (Å²) >= 11 is 0.857. The minimum Gasteiger partial charge on any atom is -0.394 e. The molecular formula is C9H13NO6S. The maximum atomic E-state index is 11.5. The van der Waals surface area contributed by atoms with Crippen LogP contribution in [0.1, 0.15) is 0 Å². The van der Waals surface area contributed by atoms with Gasteiger partial charge in [0.15, 0.2) is 0 Å². The van der Waals surface area contributed by atoms with E-state index in [1.165, 1.54) is 0 Å². The SMILES string of the molecule is O=C1CSC(=O)N1[C@@H]1COC(CO)C(O)C1O. The molecule has 0 spiro atoms. The van der Waals surface area contributed by atoms with Crippen molar-refractivity contribution in [2.45, 2.75) is 24.4 Å². The van der Waals surface area contributed by atoms with Crippen molar-refractivity contribution in [3.8, 4) is 0 Å². The monoisotopic (exact) mass is 263 g/mol. The second-order valence-electron chi connectivity index (χ2n) is 3.92. The Bertz CT molecular complexity index is 321. The summed E-state index contributed by atoms with van der Waals surface area (Å²) < 4.78 is 5.12. The third-order valence-corrected chi connectivity index (χ3v) is 3.74. The van der Waals surface area contributed by atoms with Crippen molar-refractivity contribution in [3.05, 3.63) is 0 Å². The molecule has 0 radical (unpaired) electrons. The fraction of sp³-hybridized carbons (Fsp3) is 0.778. The lowest BCUT2D eigenvalue weighted by Gasteiger charge is -2.39. The topological polar surface area (TPSA) is 107 Å². The first-order valence-electron chi connectivity index (χ1n) is 5.13. The summed E-state index contributed by atoms with van der Waals surface area (Å²) in [7, 11) is 0. The number of aliphatic hydroxyl groups excluding tert-OH is 3. The van der Waals surface area contributed by atoms with E-state index in [2.05, 4.69) is 0 Å². The number of carbonyl (C=O) groups excluding carboxylic acids is 2. The third kappa shape index (κ3) is 2.18. The zero-order valence-electron chi connectivity index (χ0n) is 8.85. The Morgan fingerprint density at radius 2 is 2.06 bits per heavy atom. The molecule has 0 aliphatic carbocycles. The van der Waals surface area contributed by atoms with Gasteiger partial charge in [0, 0.05) is 0 Å². The molecule has 3 unspecified atom stereocenters. The fourth-order valence-corrected chi connectivity index (χ4v) is 2.70. The first kappa shape index (κ1) is 12.8. The van der Waals surface area contributed by atoms with Crippen LogP contribution < -0.4 is 0 Å². The zero-order valence-corrected chi connectivity index (χ0v) is 9.67. The molecule has 0 bridgehead atoms. The van der Waals surface area contributed by atoms with Crippen LogP contribution in [0.2, 0.25) is 0 Å². The number of aliphatic hydroxyl groups is 3. The molecule has 2 saturated heterocycles. The first-order chi connectivity index (χ1) is 8.06. The van der Waals surface area contributed by atoms with Crippen molar-refractivity contribution in [1.82, 2.24) is 4.90 Å². The molecule has 2 rings (SSSR count). The molecule has 8 heteroatoms. The van der Waals surface area contributed by atoms with Gasteiger partial charge in [0.25, 0.3) is 5.24 Å². The molecule has 0 aromatic heterocycles. The summed E-state index contributed by atoms with van der Waals surface area (Å²) in [5.41, 5.74) is 0. The third-order valence-electron chi connectivity index (χ3n) is 2.90. The average Bonchev–Trinajstić information content (AvgIpc) is 2.63. The zero-order chi connectivity index (χ0) is 12.6. The summed E-state index contributed by atoms with van der Waals surface area (Å²) in [6, 6.07) is -0.886. The normalized spacial score (nSPS) is 38.9. The lowest BCUT2D eigenvalue weighted by atomic mass is 9.97. The van der Waals surface area contributed by atoms with E-state index in [4.69, 9.17) is 9.84 Å². The highest BCUT2D eigenvalue weighted by Crippen LogP contribution is 2.27. The van der Waals surface area contributed by atoms with Gasteiger partial charge in [-0.1, -0.05) is 11.8 Å². The average molecular weight is 263 g/mol. The molecule has 96 valence electrons. The molecule has 3 N–H and O–H groups in total. The highest BCUT2D eigenvalue weighted by atomic mass is 32.2. The van der Waals surface area contributed by atoms with Gasteiger partial charge in [-0.2, -0.15) is 0 Å². The molecule has 0 aromatic rings. The number of thioether (sulfide) groups is 1. The summed E-state index contributed by atoms with van der Waals surface area (Å²) in [4.78, 5) is 23.9. The van der Waals surface area contributed by atoms with Crippen molar-refractivity contribution in [3.63, 3.8) is 0 Å². The lowest BCUT2D eigenvalue weighted by Crippen LogP contribution is -2.60. The van der Waals surface area contributed by atoms with Crippen LogP contribution in [0, 0.1) is 0 Å². The highest BCUT2D eigenvalue weighted by molar-refractivity contribution is 8.14. The molecule has 4 atom stereocenters. The molecule has 0 saturated carbocycles. The second-order valence-corrected chi connectivity index (χ2v) is 4.85. The molecule has 7 nitrogen and oxygen atoms in total. The van der Waals surface area contributed by atoms with Crippen molar-refractivity contribution in [1.29, 1.82) is 0 Å². The van der Waals surface area contributed by atoms with E-state index in [-0.39, 0.29) is 12.4 Å². The number of rotatable bonds is 2. The van der Waals surface area contributed by atoms with Gasteiger partial charge in [0.1, 0.15) is 18.3 Å². The predicted octanol–water partition coefficient (Wildman–Crippen LogP) is -1.84. The summed E-state index contributed by atoms with van der Waals surface area (Å²) in [6.07, 6.45) is -3.50. The predicted molar refractivity (Wildman–Crippen MR) is 57.3 cm³/mol. The van der Waals surface area contributed by atoms with E-state index in [0.29, 0.717) is 0 Å². The van der Waals surface area contributed by atoms with Gasteiger partial charge < -0.3 is 20.1 Å². The van der Waals surface area contributed by atoms with Crippen LogP contribution in [0.4, 0.5) is 4.79 Å². The van der Waals surface area contributed by atoms with Gasteiger partial charge in [0.2, 0.25) is 5.91 Å². The van der Waals surface area contributed by atoms with Gasteiger partial charge in [-0.05, 0) is 0 Å². The van der Waals surface area contributed by atoms with Crippen LogP contribution in [0.5, 0.6) is 0 Å². The maximum Gasteiger partial charge on any atom is 0.289 e. The summed E-state index contributed by atoms with van der Waals surface area (Å²) in [5.74, 6) is -0.357. The van der Waals surface area contributed by atoms with Crippen LogP contribution in [0.15, 0.2) is 0 Å². The molecule has 0 aromatic carbocycles. The Hall–Kier alpha value is -0.670. The number of nitrogens with zero attached hydrogens (tertiary/aromatic N) is 1. The standard InChI is InChI=1S/C9H13NO6S/c11-1-5-8(14)7(13)4(2-16-5)10-6(12)3-17-9(10)15/h4-5,7-8,11,13-14H,1-3H2/t4-,5?,7?,8?/m1/s1. The van der Waals surface area contributed by atoms with E-state index in [1.807, 2.05) is 0 Å². The fourth-order valence-electron chi connectivity index (χ4n) is 1.94. The Labute approximate surface area is 101 Å². The largest absolute Gasteiger partial charge is 0.394 e. The Kier molecular flexibility index (Phi) is 3.69. The van der Waals surface area contributed by atoms with E-state index >= 15 is 0 Å². The van der Waals surface area contributed by atoms with Crippen LogP contribution >= 0.6 is 11.8 Å². The Morgan fingerprint density at radius 1 is 1.35 bits per heavy atom. The number of hydrogen-bond donors (Lipinski definition) is 3. The number of ether oxygens (including phenoxy) is 1. The molecular weight excluding hydrogens is 250 g/mol. The van der Waals surface area contributed by atoms with Crippen LogP contribution in [-0.4, -0.2) is 74.7 Å². The summed E-state index contributed by atoms with van der Waals surface area (Å²) in [5, 5.41) is 27.9. The van der Waals surface area contributed by atoms with Crippen molar-refractivity contribution < 1.29 is 29.6 Å². The first-order valence-corrected chi connectivity index (χ1v) is 6.12. The molecule has 2 aliphatic rings. The van der Waals surface area contributed by atoms with Gasteiger partial charge in [-0.3, -0.25) is 14.5 Å². The van der Waals surface area contributed by atoms with Gasteiger partial charge in [0.05, 0.1) is 25.0 Å². The number of imide groups is 1. The Balaban J connectivity index is 2.12. The number of amides is 2. The van der Waals surface area contributed by atoms with Crippen molar-refractivity contribution in [2.24, 2.45) is 0 Å². The Morgan fingerprint density at radius 3 is 2.59 bits per heavy atom. The smallest absolute Gasteiger partial charge is 0.289 e. The van der Waals surface area contributed by atoms with Gasteiger partial charge >= 0.3 is 0 Å². The minimum atomic E-state index is -1.31. The highest BCUT2D eigenvalue weighted by Gasteiger charge is 2.46. The van der Waals surface area contributed by atoms with E-state index in [1.54, 1.807) is 0 Å². The molecule has 2 aliphatic heterocycles. The van der Waals surface area contributed by atoms with Crippen LogP contribution in [0.25, 0.3) is 0 Å². The minimum absolute atomic E-state index is 0.0432. The van der Waals surface area contributed by atoms with Crippen molar-refractivity contribution >= 4 is 22.9 Å². The quantitative estimate of drug-likeness (QED) is 0.537. The van der Waals surface area contributed by atoms with Crippen LogP contribution in [-0.2, 0) is 9.53 Å². The summed E-state index contributed by atoms with van der Waals surface area (Å²) in [6.45, 7) is -0.511. The maximum absolute atomic E-state index is 11.5. The molecule has 17 heavy (non-hydrogen) atoms. The lowest BCUT2D eigenvalue weighted by molar-refractivity contribution is -0.177. The second kappa shape index (κ2) is 4.91. The van der Waals surface area contributed by atoms with Crippen molar-refractivity contribution in [2.75, 3.05) is 19.0 Å². The number of hydrogen-bond acceptors (Lipinski definition) is 7. The van der Waals surface area contributed by atoms with Gasteiger partial charge in [-0.25, -0.2) is 0 Å². The molecule has 2 amide bonds. The molecule has 2 fully saturated rings. The van der Waals surface area contributed by atoms with Crippen LogP contribution in [0.3, 0.4) is 0 Å².